The minimum absolute atomic E-state index is 0.00303. The number of fused-ring (bicyclic) bond motifs is 4. The molecule has 0 unspecified atom stereocenters. The number of amides is 1. The van der Waals surface area contributed by atoms with E-state index in [9.17, 15) is 9.59 Å². The van der Waals surface area contributed by atoms with Gasteiger partial charge in [-0.3, -0.25) is 9.59 Å². The van der Waals surface area contributed by atoms with E-state index >= 15 is 0 Å². The second-order valence-electron chi connectivity index (χ2n) is 6.78. The van der Waals surface area contributed by atoms with Crippen molar-refractivity contribution in [2.75, 3.05) is 18.8 Å². The molecule has 4 heterocycles. The van der Waals surface area contributed by atoms with Crippen molar-refractivity contribution in [3.63, 3.8) is 0 Å². The molecule has 2 atom stereocenters. The van der Waals surface area contributed by atoms with Crippen LogP contribution in [0.2, 0.25) is 0 Å². The van der Waals surface area contributed by atoms with Gasteiger partial charge in [-0.05, 0) is 36.1 Å². The lowest BCUT2D eigenvalue weighted by atomic mass is 9.82. The zero-order valence-corrected chi connectivity index (χ0v) is 13.6. The Labute approximate surface area is 139 Å². The molecule has 2 N–H and O–H groups in total. The maximum atomic E-state index is 12.6. The van der Waals surface area contributed by atoms with Crippen LogP contribution in [0.15, 0.2) is 35.3 Å². The standard InChI is InChI=1S/C18H20N4O2/c1-11(23)21-8-12-5-14(10-21)16-6-13(7-17(24)22(16)9-12)15-3-2-4-20-18(15)19/h2-4,6-7,12,14H,5,8-10H2,1H3,(H2,19,20)/t12-,14+/m0/s1. The Hall–Kier alpha value is -2.63. The van der Waals surface area contributed by atoms with Crippen molar-refractivity contribution in [3.8, 4) is 11.1 Å². The molecule has 0 spiro atoms. The summed E-state index contributed by atoms with van der Waals surface area (Å²) < 4.78 is 1.87. The van der Waals surface area contributed by atoms with Crippen LogP contribution in [-0.2, 0) is 11.3 Å². The van der Waals surface area contributed by atoms with E-state index in [2.05, 4.69) is 4.98 Å². The number of nitrogens with zero attached hydrogens (tertiary/aromatic N) is 3. The number of nitrogens with two attached hydrogens (primary N) is 1. The molecule has 0 aliphatic carbocycles. The molecule has 4 rings (SSSR count). The molecular formula is C18H20N4O2. The van der Waals surface area contributed by atoms with Crippen molar-refractivity contribution in [2.24, 2.45) is 5.92 Å². The highest BCUT2D eigenvalue weighted by Gasteiger charge is 2.35. The number of carbonyl (C=O) groups excluding carboxylic acids is 1. The van der Waals surface area contributed by atoms with Gasteiger partial charge in [-0.2, -0.15) is 0 Å². The molecule has 2 aromatic heterocycles. The summed E-state index contributed by atoms with van der Waals surface area (Å²) in [6.45, 7) is 3.71. The van der Waals surface area contributed by atoms with Gasteiger partial charge in [0, 0.05) is 56.0 Å². The Morgan fingerprint density at radius 3 is 2.88 bits per heavy atom. The predicted molar refractivity (Wildman–Crippen MR) is 91.4 cm³/mol. The first-order chi connectivity index (χ1) is 11.5. The molecule has 2 bridgehead atoms. The van der Waals surface area contributed by atoms with Gasteiger partial charge in [0.25, 0.3) is 5.56 Å². The second-order valence-corrected chi connectivity index (χ2v) is 6.78. The highest BCUT2D eigenvalue weighted by molar-refractivity contribution is 5.74. The highest BCUT2D eigenvalue weighted by atomic mass is 16.2. The van der Waals surface area contributed by atoms with Crippen LogP contribution in [0.25, 0.3) is 11.1 Å². The fourth-order valence-corrected chi connectivity index (χ4v) is 4.03. The van der Waals surface area contributed by atoms with E-state index in [1.807, 2.05) is 27.7 Å². The van der Waals surface area contributed by atoms with E-state index in [1.54, 1.807) is 19.2 Å². The van der Waals surface area contributed by atoms with Gasteiger partial charge in [-0.15, -0.1) is 0 Å². The molecule has 1 fully saturated rings. The maximum absolute atomic E-state index is 12.6. The van der Waals surface area contributed by atoms with E-state index in [0.29, 0.717) is 24.8 Å². The summed E-state index contributed by atoms with van der Waals surface area (Å²) in [5.41, 5.74) is 8.55. The van der Waals surface area contributed by atoms with Crippen molar-refractivity contribution in [1.29, 1.82) is 0 Å². The molecular weight excluding hydrogens is 304 g/mol. The van der Waals surface area contributed by atoms with Crippen LogP contribution in [0, 0.1) is 5.92 Å². The van der Waals surface area contributed by atoms with Crippen molar-refractivity contribution in [1.82, 2.24) is 14.5 Å². The summed E-state index contributed by atoms with van der Waals surface area (Å²) in [5, 5.41) is 0. The first-order valence-corrected chi connectivity index (χ1v) is 8.24. The lowest BCUT2D eigenvalue weighted by Gasteiger charge is -2.42. The molecule has 24 heavy (non-hydrogen) atoms. The molecule has 1 amide bonds. The Balaban J connectivity index is 1.81. The largest absolute Gasteiger partial charge is 0.383 e. The van der Waals surface area contributed by atoms with E-state index in [4.69, 9.17) is 5.73 Å². The monoisotopic (exact) mass is 324 g/mol. The average Bonchev–Trinajstić information content (AvgIpc) is 2.56. The van der Waals surface area contributed by atoms with Gasteiger partial charge in [0.1, 0.15) is 5.82 Å². The van der Waals surface area contributed by atoms with Crippen molar-refractivity contribution < 1.29 is 4.79 Å². The quantitative estimate of drug-likeness (QED) is 0.861. The topological polar surface area (TPSA) is 81.2 Å². The molecule has 0 saturated carbocycles. The summed E-state index contributed by atoms with van der Waals surface area (Å²) in [4.78, 5) is 30.4. The highest BCUT2D eigenvalue weighted by Crippen LogP contribution is 2.37. The van der Waals surface area contributed by atoms with Crippen LogP contribution in [0.3, 0.4) is 0 Å². The molecule has 0 radical (unpaired) electrons. The maximum Gasteiger partial charge on any atom is 0.251 e. The smallest absolute Gasteiger partial charge is 0.251 e. The third kappa shape index (κ3) is 2.38. The molecule has 2 aliphatic heterocycles. The van der Waals surface area contributed by atoms with Gasteiger partial charge in [-0.25, -0.2) is 4.98 Å². The predicted octanol–water partition coefficient (Wildman–Crippen LogP) is 1.46. The first-order valence-electron chi connectivity index (χ1n) is 8.24. The number of rotatable bonds is 1. The Morgan fingerprint density at radius 2 is 2.12 bits per heavy atom. The van der Waals surface area contributed by atoms with Crippen LogP contribution < -0.4 is 11.3 Å². The fourth-order valence-electron chi connectivity index (χ4n) is 4.03. The number of pyridine rings is 2. The number of nitrogen functional groups attached to an aromatic ring is 1. The number of piperidine rings is 1. The zero-order valence-electron chi connectivity index (χ0n) is 13.6. The summed E-state index contributed by atoms with van der Waals surface area (Å²) in [6.07, 6.45) is 2.66. The van der Waals surface area contributed by atoms with E-state index in [0.717, 1.165) is 29.8 Å². The Morgan fingerprint density at radius 1 is 1.29 bits per heavy atom. The molecule has 2 aromatic rings. The molecule has 0 aromatic carbocycles. The zero-order chi connectivity index (χ0) is 16.8. The summed E-state index contributed by atoms with van der Waals surface area (Å²) in [5.74, 6) is 1.08. The van der Waals surface area contributed by atoms with Crippen LogP contribution in [-0.4, -0.2) is 33.4 Å². The van der Waals surface area contributed by atoms with E-state index in [-0.39, 0.29) is 17.4 Å². The van der Waals surface area contributed by atoms with Crippen LogP contribution >= 0.6 is 0 Å². The molecule has 124 valence electrons. The molecule has 2 aliphatic rings. The van der Waals surface area contributed by atoms with Crippen LogP contribution in [0.4, 0.5) is 5.82 Å². The lowest BCUT2D eigenvalue weighted by molar-refractivity contribution is -0.131. The summed E-state index contributed by atoms with van der Waals surface area (Å²) in [6, 6.07) is 7.37. The SMILES string of the molecule is CC(=O)N1C[C@@H]2C[C@H](C1)c1cc(-c3cccnc3N)cc(=O)n1C2. The average molecular weight is 324 g/mol. The van der Waals surface area contributed by atoms with E-state index < -0.39 is 0 Å². The third-order valence-electron chi connectivity index (χ3n) is 5.15. The number of hydrogen-bond donors (Lipinski definition) is 1. The Kier molecular flexibility index (Phi) is 3.40. The van der Waals surface area contributed by atoms with Gasteiger partial charge >= 0.3 is 0 Å². The normalized spacial score (nSPS) is 22.1. The first kappa shape index (κ1) is 14.9. The van der Waals surface area contributed by atoms with Crippen LogP contribution in [0.5, 0.6) is 0 Å². The number of anilines is 1. The van der Waals surface area contributed by atoms with Gasteiger partial charge in [-0.1, -0.05) is 0 Å². The van der Waals surface area contributed by atoms with Gasteiger partial charge in [0.05, 0.1) is 0 Å². The van der Waals surface area contributed by atoms with Gasteiger partial charge < -0.3 is 15.2 Å². The minimum atomic E-state index is -0.00303. The molecule has 6 nitrogen and oxygen atoms in total. The van der Waals surface area contributed by atoms with Crippen molar-refractivity contribution in [2.45, 2.75) is 25.8 Å². The van der Waals surface area contributed by atoms with Crippen molar-refractivity contribution in [3.05, 3.63) is 46.5 Å². The van der Waals surface area contributed by atoms with Crippen LogP contribution in [0.1, 0.15) is 25.0 Å². The summed E-state index contributed by atoms with van der Waals surface area (Å²) >= 11 is 0. The minimum Gasteiger partial charge on any atom is -0.383 e. The van der Waals surface area contributed by atoms with Gasteiger partial charge in [0.2, 0.25) is 5.91 Å². The fraction of sp³-hybridized carbons (Fsp3) is 0.389. The number of hydrogen-bond acceptors (Lipinski definition) is 4. The molecule has 1 saturated heterocycles. The Bertz CT molecular complexity index is 874. The summed E-state index contributed by atoms with van der Waals surface area (Å²) in [7, 11) is 0. The van der Waals surface area contributed by atoms with E-state index in [1.165, 1.54) is 0 Å². The number of carbonyl (C=O) groups is 1. The lowest BCUT2D eigenvalue weighted by Crippen LogP contribution is -2.48. The number of likely N-dealkylation sites (tertiary alicyclic amines) is 1. The molecule has 6 heteroatoms. The second kappa shape index (κ2) is 5.47. The number of aromatic nitrogens is 2. The van der Waals surface area contributed by atoms with Crippen molar-refractivity contribution >= 4 is 11.7 Å². The van der Waals surface area contributed by atoms with Gasteiger partial charge in [0.15, 0.2) is 0 Å². The third-order valence-corrected chi connectivity index (χ3v) is 5.15.